The van der Waals surface area contributed by atoms with Crippen molar-refractivity contribution in [1.82, 2.24) is 29.5 Å². The van der Waals surface area contributed by atoms with Crippen molar-refractivity contribution in [1.29, 1.82) is 0 Å². The van der Waals surface area contributed by atoms with Crippen LogP contribution >= 0.6 is 11.3 Å². The van der Waals surface area contributed by atoms with Gasteiger partial charge < -0.3 is 10.3 Å². The van der Waals surface area contributed by atoms with Crippen LogP contribution in [-0.2, 0) is 19.7 Å². The summed E-state index contributed by atoms with van der Waals surface area (Å²) < 4.78 is 50.4. The molecular formula is C38H28N8O6S3. The summed E-state index contributed by atoms with van der Waals surface area (Å²) in [6, 6.07) is 26.3. The Kier molecular flexibility index (Phi) is 8.83. The van der Waals surface area contributed by atoms with Crippen molar-refractivity contribution >= 4 is 75.7 Å². The molecule has 0 saturated carbocycles. The molecule has 0 radical (unpaired) electrons. The number of aromatic amines is 1. The van der Waals surface area contributed by atoms with Gasteiger partial charge in [-0.05, 0) is 72.8 Å². The quantitative estimate of drug-likeness (QED) is 0.147. The first kappa shape index (κ1) is 35.5. The topological polar surface area (TPSA) is 199 Å². The first-order valence-corrected chi connectivity index (χ1v) is 21.1. The number of para-hydroxylation sites is 2. The number of thiazole rings is 1. The molecule has 0 bridgehead atoms. The Labute approximate surface area is 317 Å². The van der Waals surface area contributed by atoms with Gasteiger partial charge in [-0.2, -0.15) is 0 Å². The molecule has 4 aromatic carbocycles. The van der Waals surface area contributed by atoms with Crippen LogP contribution in [-0.4, -0.2) is 70.6 Å². The van der Waals surface area contributed by atoms with Gasteiger partial charge in [0.2, 0.25) is 0 Å². The zero-order chi connectivity index (χ0) is 38.5. The number of fused-ring (bicyclic) bond motifs is 2. The van der Waals surface area contributed by atoms with E-state index in [1.54, 1.807) is 88.9 Å². The van der Waals surface area contributed by atoms with Gasteiger partial charge in [0, 0.05) is 35.2 Å². The largest absolute Gasteiger partial charge is 0.338 e. The molecule has 55 heavy (non-hydrogen) atoms. The average molecular weight is 789 g/mol. The normalized spacial score (nSPS) is 11.9. The summed E-state index contributed by atoms with van der Waals surface area (Å²) in [4.78, 5) is 48.8. The molecule has 2 amide bonds. The predicted octanol–water partition coefficient (Wildman–Crippen LogP) is 6.40. The molecule has 0 unspecified atom stereocenters. The zero-order valence-corrected chi connectivity index (χ0v) is 31.3. The molecule has 4 heterocycles. The van der Waals surface area contributed by atoms with Gasteiger partial charge in [-0.25, -0.2) is 36.8 Å². The Morgan fingerprint density at radius 2 is 1.42 bits per heavy atom. The lowest BCUT2D eigenvalue weighted by Crippen LogP contribution is -2.13. The standard InChI is InChI=1S/C38H28N8O6S3/c1-54(49,50)25-15-12-22(13-16-25)35-44-33-28(37(48)45-38-39-18-19-53-38)9-5-11-30(33)46(35)31-17-14-24(21-40-31)41-36(47)27-8-4-10-29-32(27)43-34(42-29)23-6-3-7-26(20-23)55(2,51)52/h3-21H,1-2H3,(H,41,47)(H,42,43)(H,39,45,48). The van der Waals surface area contributed by atoms with E-state index in [2.05, 4.69) is 30.6 Å². The number of anilines is 2. The van der Waals surface area contributed by atoms with Crippen LogP contribution in [0, 0.1) is 0 Å². The minimum absolute atomic E-state index is 0.142. The van der Waals surface area contributed by atoms with E-state index in [1.807, 2.05) is 0 Å². The van der Waals surface area contributed by atoms with Crippen molar-refractivity contribution in [3.8, 4) is 28.6 Å². The summed E-state index contributed by atoms with van der Waals surface area (Å²) in [6.45, 7) is 0. The number of aromatic nitrogens is 6. The third kappa shape index (κ3) is 6.98. The van der Waals surface area contributed by atoms with E-state index >= 15 is 0 Å². The van der Waals surface area contributed by atoms with Crippen molar-refractivity contribution in [2.45, 2.75) is 9.79 Å². The summed E-state index contributed by atoms with van der Waals surface area (Å²) in [6.07, 6.45) is 5.34. The highest BCUT2D eigenvalue weighted by Gasteiger charge is 2.22. The first-order chi connectivity index (χ1) is 26.3. The minimum Gasteiger partial charge on any atom is -0.338 e. The maximum Gasteiger partial charge on any atom is 0.259 e. The maximum atomic E-state index is 13.6. The Morgan fingerprint density at radius 3 is 2.11 bits per heavy atom. The van der Waals surface area contributed by atoms with Crippen LogP contribution in [0.15, 0.2) is 125 Å². The van der Waals surface area contributed by atoms with E-state index in [0.29, 0.717) is 67.0 Å². The summed E-state index contributed by atoms with van der Waals surface area (Å²) >= 11 is 1.28. The summed E-state index contributed by atoms with van der Waals surface area (Å²) in [5.41, 5.74) is 4.01. The Balaban J connectivity index is 1.13. The third-order valence-electron chi connectivity index (χ3n) is 8.65. The molecule has 274 valence electrons. The highest BCUT2D eigenvalue weighted by atomic mass is 32.2. The molecule has 8 aromatic rings. The number of rotatable bonds is 9. The van der Waals surface area contributed by atoms with E-state index in [-0.39, 0.29) is 15.4 Å². The van der Waals surface area contributed by atoms with E-state index < -0.39 is 31.5 Å². The fraction of sp³-hybridized carbons (Fsp3) is 0.0526. The molecule has 0 aliphatic carbocycles. The van der Waals surface area contributed by atoms with Gasteiger partial charge >= 0.3 is 0 Å². The molecule has 14 nitrogen and oxygen atoms in total. The Bertz CT molecular complexity index is 3010. The third-order valence-corrected chi connectivity index (χ3v) is 11.6. The number of imidazole rings is 2. The van der Waals surface area contributed by atoms with Crippen LogP contribution in [0.25, 0.3) is 50.7 Å². The van der Waals surface area contributed by atoms with Gasteiger partial charge in [0.05, 0.1) is 43.8 Å². The molecule has 4 aromatic heterocycles. The van der Waals surface area contributed by atoms with Gasteiger partial charge in [-0.3, -0.25) is 19.5 Å². The SMILES string of the molecule is CS(=O)(=O)c1ccc(-c2nc3c(C(=O)Nc4nccs4)cccc3n2-c2ccc(NC(=O)c3cccc4[nH]c(-c5cccc(S(C)(=O)=O)c5)nc34)cn2)cc1. The van der Waals surface area contributed by atoms with Crippen LogP contribution in [0.2, 0.25) is 0 Å². The van der Waals surface area contributed by atoms with Crippen molar-refractivity contribution in [3.05, 3.63) is 126 Å². The molecule has 17 heteroatoms. The van der Waals surface area contributed by atoms with Gasteiger partial charge in [-0.1, -0.05) is 24.3 Å². The zero-order valence-electron chi connectivity index (χ0n) is 28.9. The second-order valence-corrected chi connectivity index (χ2v) is 17.4. The molecule has 0 saturated heterocycles. The van der Waals surface area contributed by atoms with Crippen LogP contribution in [0.1, 0.15) is 20.7 Å². The number of nitrogens with one attached hydrogen (secondary N) is 3. The average Bonchev–Trinajstić information content (AvgIpc) is 3.93. The summed E-state index contributed by atoms with van der Waals surface area (Å²) in [5, 5.41) is 7.85. The molecule has 0 spiro atoms. The maximum absolute atomic E-state index is 13.6. The van der Waals surface area contributed by atoms with Gasteiger partial charge in [0.25, 0.3) is 11.8 Å². The van der Waals surface area contributed by atoms with Gasteiger partial charge in [0.1, 0.15) is 28.5 Å². The number of benzene rings is 4. The van der Waals surface area contributed by atoms with Crippen LogP contribution < -0.4 is 10.6 Å². The second-order valence-electron chi connectivity index (χ2n) is 12.5. The molecule has 0 aliphatic heterocycles. The fourth-order valence-electron chi connectivity index (χ4n) is 6.03. The number of H-pyrrole nitrogens is 1. The lowest BCUT2D eigenvalue weighted by Gasteiger charge is -2.11. The minimum atomic E-state index is -3.45. The van der Waals surface area contributed by atoms with E-state index in [4.69, 9.17) is 4.98 Å². The number of sulfone groups is 2. The summed E-state index contributed by atoms with van der Waals surface area (Å²) in [5.74, 6) is 0.368. The van der Waals surface area contributed by atoms with E-state index in [0.717, 1.165) is 12.5 Å². The monoisotopic (exact) mass is 788 g/mol. The molecule has 0 aliphatic rings. The Morgan fingerprint density at radius 1 is 0.709 bits per heavy atom. The molecule has 3 N–H and O–H groups in total. The van der Waals surface area contributed by atoms with Crippen molar-refractivity contribution < 1.29 is 26.4 Å². The molecular weight excluding hydrogens is 761 g/mol. The number of carbonyl (C=O) groups is 2. The van der Waals surface area contributed by atoms with Crippen molar-refractivity contribution in [2.24, 2.45) is 0 Å². The molecule has 0 fully saturated rings. The number of hydrogen-bond donors (Lipinski definition) is 3. The van der Waals surface area contributed by atoms with E-state index in [9.17, 15) is 26.4 Å². The number of nitrogens with zero attached hydrogens (tertiary/aromatic N) is 5. The van der Waals surface area contributed by atoms with Gasteiger partial charge in [-0.15, -0.1) is 11.3 Å². The number of pyridine rings is 1. The van der Waals surface area contributed by atoms with Gasteiger partial charge in [0.15, 0.2) is 24.8 Å². The van der Waals surface area contributed by atoms with Crippen LogP contribution in [0.5, 0.6) is 0 Å². The fourth-order valence-corrected chi connectivity index (χ4v) is 7.85. The number of hydrogen-bond acceptors (Lipinski definition) is 11. The molecule has 0 atom stereocenters. The summed E-state index contributed by atoms with van der Waals surface area (Å²) in [7, 11) is -6.89. The smallest absolute Gasteiger partial charge is 0.259 e. The van der Waals surface area contributed by atoms with Crippen molar-refractivity contribution in [3.63, 3.8) is 0 Å². The highest BCUT2D eigenvalue weighted by molar-refractivity contribution is 7.91. The number of carbonyl (C=O) groups excluding carboxylic acids is 2. The van der Waals surface area contributed by atoms with Crippen LogP contribution in [0.3, 0.4) is 0 Å². The van der Waals surface area contributed by atoms with E-state index in [1.165, 1.54) is 41.8 Å². The highest BCUT2D eigenvalue weighted by Crippen LogP contribution is 2.32. The predicted molar refractivity (Wildman–Crippen MR) is 210 cm³/mol. The Hall–Kier alpha value is -6.56. The first-order valence-electron chi connectivity index (χ1n) is 16.4. The van der Waals surface area contributed by atoms with Crippen molar-refractivity contribution in [2.75, 3.05) is 23.1 Å². The lowest BCUT2D eigenvalue weighted by molar-refractivity contribution is 0.102. The second kappa shape index (κ2) is 13.7. The molecule has 8 rings (SSSR count). The lowest BCUT2D eigenvalue weighted by atomic mass is 10.1. The number of amides is 2. The van der Waals surface area contributed by atoms with Crippen LogP contribution in [0.4, 0.5) is 10.8 Å².